The Bertz CT molecular complexity index is 446. The van der Waals surface area contributed by atoms with Crippen molar-refractivity contribution in [1.29, 1.82) is 0 Å². The van der Waals surface area contributed by atoms with Gasteiger partial charge in [-0.3, -0.25) is 4.79 Å². The van der Waals surface area contributed by atoms with Gasteiger partial charge in [0.05, 0.1) is 0 Å². The second-order valence-electron chi connectivity index (χ2n) is 6.49. The summed E-state index contributed by atoms with van der Waals surface area (Å²) in [4.78, 5) is 11.8. The van der Waals surface area contributed by atoms with Crippen LogP contribution in [-0.4, -0.2) is 17.1 Å². The predicted octanol–water partition coefficient (Wildman–Crippen LogP) is 4.21. The van der Waals surface area contributed by atoms with Crippen LogP contribution in [0.25, 0.3) is 0 Å². The van der Waals surface area contributed by atoms with Crippen LogP contribution in [0, 0.1) is 11.8 Å². The van der Waals surface area contributed by atoms with Gasteiger partial charge in [0.1, 0.15) is 6.04 Å². The van der Waals surface area contributed by atoms with Gasteiger partial charge in [0.2, 0.25) is 0 Å². The van der Waals surface area contributed by atoms with Crippen molar-refractivity contribution in [3.8, 4) is 0 Å². The zero-order valence-electron chi connectivity index (χ0n) is 14.4. The quantitative estimate of drug-likeness (QED) is 0.718. The van der Waals surface area contributed by atoms with Crippen LogP contribution >= 0.6 is 0 Å². The van der Waals surface area contributed by atoms with Crippen molar-refractivity contribution in [3.05, 3.63) is 35.9 Å². The highest BCUT2D eigenvalue weighted by molar-refractivity contribution is 5.76. The molecule has 1 rings (SSSR count). The molecule has 0 saturated heterocycles. The summed E-state index contributed by atoms with van der Waals surface area (Å²) in [7, 11) is 0. The zero-order valence-corrected chi connectivity index (χ0v) is 14.4. The summed E-state index contributed by atoms with van der Waals surface area (Å²) in [6.45, 7) is 8.60. The molecule has 1 aromatic rings. The third-order valence-corrected chi connectivity index (χ3v) is 5.13. The van der Waals surface area contributed by atoms with Crippen molar-refractivity contribution in [2.75, 3.05) is 0 Å². The van der Waals surface area contributed by atoms with Gasteiger partial charge in [-0.2, -0.15) is 0 Å². The molecule has 0 aromatic heterocycles. The van der Waals surface area contributed by atoms with Crippen LogP contribution in [0.3, 0.4) is 0 Å². The molecule has 3 N–H and O–H groups in total. The summed E-state index contributed by atoms with van der Waals surface area (Å²) in [5.41, 5.74) is 6.82. The normalized spacial score (nSPS) is 18.2. The zero-order chi connectivity index (χ0) is 16.8. The monoisotopic (exact) mass is 305 g/mol. The molecule has 0 aliphatic rings. The molecule has 3 atom stereocenters. The van der Waals surface area contributed by atoms with Crippen LogP contribution in [0.2, 0.25) is 0 Å². The van der Waals surface area contributed by atoms with Crippen molar-refractivity contribution >= 4 is 5.97 Å². The van der Waals surface area contributed by atoms with Gasteiger partial charge in [0.25, 0.3) is 0 Å². The number of hydrogen-bond donors (Lipinski definition) is 2. The molecule has 124 valence electrons. The van der Waals surface area contributed by atoms with Gasteiger partial charge in [0.15, 0.2) is 0 Å². The molecular formula is C19H31NO2. The third-order valence-electron chi connectivity index (χ3n) is 5.13. The van der Waals surface area contributed by atoms with Gasteiger partial charge in [0, 0.05) is 5.41 Å². The Kier molecular flexibility index (Phi) is 7.08. The Morgan fingerprint density at radius 2 is 1.55 bits per heavy atom. The first-order valence-corrected chi connectivity index (χ1v) is 8.46. The van der Waals surface area contributed by atoms with Crippen molar-refractivity contribution in [3.63, 3.8) is 0 Å². The first kappa shape index (κ1) is 18.7. The van der Waals surface area contributed by atoms with E-state index in [1.54, 1.807) is 0 Å². The second kappa shape index (κ2) is 8.33. The smallest absolute Gasteiger partial charge is 0.321 e. The highest BCUT2D eigenvalue weighted by Crippen LogP contribution is 2.45. The van der Waals surface area contributed by atoms with Gasteiger partial charge in [-0.05, 0) is 17.4 Å². The summed E-state index contributed by atoms with van der Waals surface area (Å²) >= 11 is 0. The standard InChI is InChI=1S/C19H31NO2/c1-5-10-14(3)19(15(4)11-6-2,17(20)18(21)22)16-12-8-7-9-13-16/h7-9,12-15,17H,5-6,10-11,20H2,1-4H3,(H,21,22)/t14?,15?,17-,19?/m1/s1. The van der Waals surface area contributed by atoms with Crippen molar-refractivity contribution in [2.45, 2.75) is 64.8 Å². The molecule has 0 radical (unpaired) electrons. The number of carboxylic acid groups (broad SMARTS) is 1. The molecule has 2 unspecified atom stereocenters. The fourth-order valence-electron chi connectivity index (χ4n) is 4.12. The first-order valence-electron chi connectivity index (χ1n) is 8.46. The fourth-order valence-corrected chi connectivity index (χ4v) is 4.12. The van der Waals surface area contributed by atoms with Crippen LogP contribution < -0.4 is 5.73 Å². The maximum absolute atomic E-state index is 11.8. The van der Waals surface area contributed by atoms with Crippen molar-refractivity contribution < 1.29 is 9.90 Å². The largest absolute Gasteiger partial charge is 0.480 e. The summed E-state index contributed by atoms with van der Waals surface area (Å²) in [5.74, 6) is -0.477. The molecule has 1 aromatic carbocycles. The average molecular weight is 305 g/mol. The van der Waals surface area contributed by atoms with E-state index in [-0.39, 0.29) is 11.8 Å². The third kappa shape index (κ3) is 3.52. The maximum Gasteiger partial charge on any atom is 0.321 e. The molecule has 0 aliphatic carbocycles. The number of hydrogen-bond acceptors (Lipinski definition) is 2. The number of rotatable bonds is 9. The number of carboxylic acids is 1. The average Bonchev–Trinajstić information content (AvgIpc) is 2.49. The molecule has 0 aliphatic heterocycles. The Labute approximate surface area is 134 Å². The topological polar surface area (TPSA) is 63.3 Å². The molecule has 0 amide bonds. The van der Waals surface area contributed by atoms with Crippen LogP contribution in [-0.2, 0) is 10.2 Å². The van der Waals surface area contributed by atoms with Gasteiger partial charge in [-0.15, -0.1) is 0 Å². The van der Waals surface area contributed by atoms with E-state index in [9.17, 15) is 9.90 Å². The Hall–Kier alpha value is -1.35. The van der Waals surface area contributed by atoms with Gasteiger partial charge >= 0.3 is 5.97 Å². The van der Waals surface area contributed by atoms with Crippen molar-refractivity contribution in [1.82, 2.24) is 0 Å². The minimum absolute atomic E-state index is 0.215. The predicted molar refractivity (Wildman–Crippen MR) is 91.9 cm³/mol. The summed E-state index contributed by atoms with van der Waals surface area (Å²) in [5, 5.41) is 9.69. The lowest BCUT2D eigenvalue weighted by molar-refractivity contribution is -0.142. The van der Waals surface area contributed by atoms with E-state index in [0.29, 0.717) is 0 Å². The van der Waals surface area contributed by atoms with Gasteiger partial charge in [-0.1, -0.05) is 83.7 Å². The lowest BCUT2D eigenvalue weighted by atomic mass is 9.57. The number of aliphatic carboxylic acids is 1. The Morgan fingerprint density at radius 3 is 1.91 bits per heavy atom. The number of nitrogens with two attached hydrogens (primary N) is 1. The van der Waals surface area contributed by atoms with Crippen LogP contribution in [0.5, 0.6) is 0 Å². The number of benzene rings is 1. The molecule has 0 spiro atoms. The highest BCUT2D eigenvalue weighted by Gasteiger charge is 2.49. The van der Waals surface area contributed by atoms with E-state index in [4.69, 9.17) is 5.73 Å². The minimum Gasteiger partial charge on any atom is -0.480 e. The highest BCUT2D eigenvalue weighted by atomic mass is 16.4. The van der Waals surface area contributed by atoms with Crippen LogP contribution in [0.15, 0.2) is 30.3 Å². The Balaban J connectivity index is 3.51. The van der Waals surface area contributed by atoms with E-state index in [2.05, 4.69) is 27.7 Å². The maximum atomic E-state index is 11.8. The molecule has 22 heavy (non-hydrogen) atoms. The van der Waals surface area contributed by atoms with Gasteiger partial charge < -0.3 is 10.8 Å². The summed E-state index contributed by atoms with van der Waals surface area (Å²) in [6, 6.07) is 9.13. The van der Waals surface area contributed by atoms with Crippen molar-refractivity contribution in [2.24, 2.45) is 17.6 Å². The SMILES string of the molecule is CCCC(C)C(c1ccccc1)(C(C)CCC)[C@H](N)C(=O)O. The minimum atomic E-state index is -0.908. The van der Waals surface area contributed by atoms with E-state index >= 15 is 0 Å². The Morgan fingerprint density at radius 1 is 1.09 bits per heavy atom. The first-order chi connectivity index (χ1) is 10.4. The van der Waals surface area contributed by atoms with Crippen LogP contribution in [0.4, 0.5) is 0 Å². The summed E-state index contributed by atoms with van der Waals surface area (Å²) in [6.07, 6.45) is 4.01. The van der Waals surface area contributed by atoms with Crippen LogP contribution in [0.1, 0.15) is 58.9 Å². The molecule has 0 fully saturated rings. The molecular weight excluding hydrogens is 274 g/mol. The molecule has 0 bridgehead atoms. The molecule has 3 nitrogen and oxygen atoms in total. The van der Waals surface area contributed by atoms with E-state index in [1.807, 2.05) is 30.3 Å². The van der Waals surface area contributed by atoms with E-state index in [0.717, 1.165) is 31.2 Å². The molecule has 0 heterocycles. The second-order valence-corrected chi connectivity index (χ2v) is 6.49. The van der Waals surface area contributed by atoms with E-state index in [1.165, 1.54) is 0 Å². The lowest BCUT2D eigenvalue weighted by Gasteiger charge is -2.47. The molecule has 3 heteroatoms. The molecule has 0 saturated carbocycles. The van der Waals surface area contributed by atoms with E-state index < -0.39 is 17.4 Å². The fraction of sp³-hybridized carbons (Fsp3) is 0.632. The number of carbonyl (C=O) groups is 1. The van der Waals surface area contributed by atoms with Gasteiger partial charge in [-0.25, -0.2) is 0 Å². The lowest BCUT2D eigenvalue weighted by Crippen LogP contribution is -2.57. The summed E-state index contributed by atoms with van der Waals surface area (Å²) < 4.78 is 0.